The van der Waals surface area contributed by atoms with Gasteiger partial charge in [-0.2, -0.15) is 18.7 Å². The molecule has 1 fully saturated rings. The quantitative estimate of drug-likeness (QED) is 0.293. The molecule has 0 amide bonds. The van der Waals surface area contributed by atoms with Crippen molar-refractivity contribution in [2.24, 2.45) is 7.05 Å². The number of hydrogen-bond donors (Lipinski definition) is 0. The Hall–Kier alpha value is -3.55. The zero-order valence-electron chi connectivity index (χ0n) is 18.4. The van der Waals surface area contributed by atoms with Crippen LogP contribution in [0, 0.1) is 5.21 Å². The van der Waals surface area contributed by atoms with Crippen LogP contribution in [-0.2, 0) is 22.8 Å². The Labute approximate surface area is 192 Å². The summed E-state index contributed by atoms with van der Waals surface area (Å²) < 4.78 is 60.0. The average Bonchev–Trinajstić information content (AvgIpc) is 3.41. The number of fused-ring (bicyclic) bond motifs is 1. The van der Waals surface area contributed by atoms with E-state index in [0.717, 1.165) is 18.9 Å². The van der Waals surface area contributed by atoms with E-state index in [1.807, 2.05) is 0 Å². The fourth-order valence-corrected chi connectivity index (χ4v) is 4.60. The molecule has 0 unspecified atom stereocenters. The van der Waals surface area contributed by atoms with E-state index in [-0.39, 0.29) is 49.9 Å². The maximum atomic E-state index is 13.8. The van der Waals surface area contributed by atoms with Gasteiger partial charge in [0.1, 0.15) is 5.69 Å². The first-order valence-electron chi connectivity index (χ1n) is 10.4. The minimum absolute atomic E-state index is 0.00308. The number of alkyl halides is 2. The minimum atomic E-state index is -3.82. The molecular formula is C20H19F2N7O4S. The largest absolute Gasteiger partial charge is 0.691 e. The van der Waals surface area contributed by atoms with Crippen molar-refractivity contribution in [3.63, 3.8) is 0 Å². The highest BCUT2D eigenvalue weighted by molar-refractivity contribution is 7.91. The van der Waals surface area contributed by atoms with Crippen LogP contribution in [0.3, 0.4) is 0 Å². The standard InChI is InChI=1S/C20H19F2N7O4S/c1-4-34(31,32)13-7-11(16-25-18(33-27-16)10-5-6-10)9-23-15(13)17-24-12-8-14(20(2,21)22)26-29(30)19(12)28(17)3/h7-10H,4-6H2,1-3H3. The molecule has 0 atom stereocenters. The van der Waals surface area contributed by atoms with E-state index in [9.17, 15) is 22.4 Å². The van der Waals surface area contributed by atoms with Crippen molar-refractivity contribution < 1.29 is 26.6 Å². The molecule has 1 aliphatic rings. The molecule has 4 aromatic heterocycles. The van der Waals surface area contributed by atoms with Gasteiger partial charge in [-0.3, -0.25) is 0 Å². The van der Waals surface area contributed by atoms with E-state index >= 15 is 0 Å². The molecule has 1 saturated carbocycles. The van der Waals surface area contributed by atoms with Crippen molar-refractivity contribution in [3.05, 3.63) is 35.1 Å². The first kappa shape index (κ1) is 22.3. The van der Waals surface area contributed by atoms with Gasteiger partial charge in [-0.05, 0) is 18.9 Å². The van der Waals surface area contributed by atoms with Gasteiger partial charge in [-0.1, -0.05) is 17.2 Å². The summed E-state index contributed by atoms with van der Waals surface area (Å²) in [7, 11) is -2.38. The highest BCUT2D eigenvalue weighted by atomic mass is 32.2. The molecule has 34 heavy (non-hydrogen) atoms. The second-order valence-electron chi connectivity index (χ2n) is 8.20. The number of rotatable bonds is 6. The number of aryl methyl sites for hydroxylation is 1. The van der Waals surface area contributed by atoms with E-state index in [4.69, 9.17) is 4.52 Å². The number of halogens is 2. The Bertz CT molecular complexity index is 1540. The number of hydrogen-bond acceptors (Lipinski definition) is 9. The van der Waals surface area contributed by atoms with Crippen LogP contribution in [0.25, 0.3) is 34.1 Å². The van der Waals surface area contributed by atoms with Gasteiger partial charge < -0.3 is 9.73 Å². The summed E-state index contributed by atoms with van der Waals surface area (Å²) >= 11 is 0. The lowest BCUT2D eigenvalue weighted by molar-refractivity contribution is -0.647. The smallest absolute Gasteiger partial charge is 0.333 e. The average molecular weight is 491 g/mol. The molecule has 0 saturated heterocycles. The predicted octanol–water partition coefficient (Wildman–Crippen LogP) is 2.50. The lowest BCUT2D eigenvalue weighted by atomic mass is 10.2. The van der Waals surface area contributed by atoms with E-state index < -0.39 is 21.5 Å². The number of pyridine rings is 1. The Morgan fingerprint density at radius 1 is 1.29 bits per heavy atom. The topological polar surface area (TPSA) is 144 Å². The highest BCUT2D eigenvalue weighted by Crippen LogP contribution is 2.40. The van der Waals surface area contributed by atoms with Crippen LogP contribution < -0.4 is 4.85 Å². The van der Waals surface area contributed by atoms with Crippen molar-refractivity contribution in [1.29, 1.82) is 0 Å². The second kappa shape index (κ2) is 7.48. The van der Waals surface area contributed by atoms with Crippen molar-refractivity contribution >= 4 is 21.0 Å². The van der Waals surface area contributed by atoms with Crippen molar-refractivity contribution in [2.75, 3.05) is 5.75 Å². The van der Waals surface area contributed by atoms with E-state index in [1.165, 1.54) is 30.8 Å². The molecule has 0 radical (unpaired) electrons. The third-order valence-corrected chi connectivity index (χ3v) is 7.34. The van der Waals surface area contributed by atoms with Gasteiger partial charge in [-0.15, -0.1) is 4.85 Å². The summed E-state index contributed by atoms with van der Waals surface area (Å²) in [5.74, 6) is -2.67. The van der Waals surface area contributed by atoms with E-state index in [2.05, 4.69) is 25.2 Å². The maximum absolute atomic E-state index is 13.8. The number of nitrogens with zero attached hydrogens (tertiary/aromatic N) is 7. The normalized spacial score (nSPS) is 14.7. The van der Waals surface area contributed by atoms with Crippen LogP contribution in [0.15, 0.2) is 27.7 Å². The molecule has 4 heterocycles. The predicted molar refractivity (Wildman–Crippen MR) is 113 cm³/mol. The molecular weight excluding hydrogens is 472 g/mol. The molecule has 0 aromatic carbocycles. The van der Waals surface area contributed by atoms with Gasteiger partial charge in [0.15, 0.2) is 21.0 Å². The van der Waals surface area contributed by atoms with Crippen molar-refractivity contribution in [3.8, 4) is 22.9 Å². The van der Waals surface area contributed by atoms with Gasteiger partial charge in [0, 0.05) is 30.7 Å². The van der Waals surface area contributed by atoms with Crippen LogP contribution in [-0.4, -0.2) is 43.9 Å². The van der Waals surface area contributed by atoms with E-state index in [1.54, 1.807) is 0 Å². The van der Waals surface area contributed by atoms with Gasteiger partial charge in [-0.25, -0.2) is 18.0 Å². The van der Waals surface area contributed by atoms with E-state index in [0.29, 0.717) is 18.4 Å². The third-order valence-electron chi connectivity index (χ3n) is 5.60. The number of imidazole rings is 1. The monoisotopic (exact) mass is 491 g/mol. The Balaban J connectivity index is 1.69. The van der Waals surface area contributed by atoms with Crippen LogP contribution >= 0.6 is 0 Å². The molecule has 0 bridgehead atoms. The number of aromatic nitrogens is 7. The zero-order valence-corrected chi connectivity index (χ0v) is 19.2. The zero-order chi connectivity index (χ0) is 24.4. The Morgan fingerprint density at radius 2 is 2.03 bits per heavy atom. The summed E-state index contributed by atoms with van der Waals surface area (Å²) in [5.41, 5.74) is -0.662. The summed E-state index contributed by atoms with van der Waals surface area (Å²) in [6.45, 7) is 2.09. The van der Waals surface area contributed by atoms with Crippen LogP contribution in [0.5, 0.6) is 0 Å². The van der Waals surface area contributed by atoms with Gasteiger partial charge in [0.2, 0.25) is 17.5 Å². The third kappa shape index (κ3) is 3.67. The van der Waals surface area contributed by atoms with Crippen molar-refractivity contribution in [1.82, 2.24) is 29.8 Å². The first-order chi connectivity index (χ1) is 16.0. The lowest BCUT2D eigenvalue weighted by Crippen LogP contribution is -2.36. The molecule has 0 spiro atoms. The summed E-state index contributed by atoms with van der Waals surface area (Å²) in [6.07, 6.45) is 3.29. The molecule has 178 valence electrons. The molecule has 11 nitrogen and oxygen atoms in total. The summed E-state index contributed by atoms with van der Waals surface area (Å²) in [4.78, 5) is 12.8. The SMILES string of the molecule is CCS(=O)(=O)c1cc(-c2noc(C3CC3)n2)cnc1-c1nc2cc(C(C)(F)F)n[n+]([O-])c2n1C. The minimum Gasteiger partial charge on any atom is -0.691 e. The van der Waals surface area contributed by atoms with Crippen molar-refractivity contribution in [2.45, 2.75) is 43.4 Å². The van der Waals surface area contributed by atoms with Gasteiger partial charge >= 0.3 is 5.65 Å². The molecule has 1 aliphatic carbocycles. The molecule has 5 rings (SSSR count). The molecule has 4 aromatic rings. The lowest BCUT2D eigenvalue weighted by Gasteiger charge is -2.10. The Kier molecular flexibility index (Phi) is 4.90. The molecule has 0 aliphatic heterocycles. The van der Waals surface area contributed by atoms with Crippen LogP contribution in [0.4, 0.5) is 8.78 Å². The fraction of sp³-hybridized carbons (Fsp3) is 0.400. The summed E-state index contributed by atoms with van der Waals surface area (Å²) in [5, 5.41) is 19.7. The summed E-state index contributed by atoms with van der Waals surface area (Å²) in [6, 6.07) is 2.37. The van der Waals surface area contributed by atoms with Crippen LogP contribution in [0.2, 0.25) is 0 Å². The first-order valence-corrected chi connectivity index (χ1v) is 12.1. The van der Waals surface area contributed by atoms with Gasteiger partial charge in [0.25, 0.3) is 5.92 Å². The number of sulfone groups is 1. The highest BCUT2D eigenvalue weighted by Gasteiger charge is 2.33. The fourth-order valence-electron chi connectivity index (χ4n) is 3.54. The van der Waals surface area contributed by atoms with Crippen LogP contribution in [0.1, 0.15) is 44.2 Å². The van der Waals surface area contributed by atoms with Gasteiger partial charge in [0.05, 0.1) is 17.7 Å². The molecule has 14 heteroatoms. The Morgan fingerprint density at radius 3 is 2.68 bits per heavy atom. The second-order valence-corrected chi connectivity index (χ2v) is 10.4. The molecule has 0 N–H and O–H groups in total. The maximum Gasteiger partial charge on any atom is 0.333 e.